The highest BCUT2D eigenvalue weighted by molar-refractivity contribution is 6.33. The third kappa shape index (κ3) is 4.37. The average Bonchev–Trinajstić information content (AvgIpc) is 2.45. The van der Waals surface area contributed by atoms with Gasteiger partial charge in [-0.15, -0.1) is 0 Å². The molecule has 1 nitrogen and oxygen atoms in total. The van der Waals surface area contributed by atoms with Crippen LogP contribution < -0.4 is 5.32 Å². The molecule has 2 rings (SSSR count). The number of likely N-dealkylation sites (N-methyl/N-ethyl adjacent to an activating group) is 1. The van der Waals surface area contributed by atoms with Gasteiger partial charge < -0.3 is 5.32 Å². The fourth-order valence-electron chi connectivity index (χ4n) is 2.30. The molecule has 0 fully saturated rings. The molecule has 0 bridgehead atoms. The second-order valence-electron chi connectivity index (χ2n) is 5.06. The summed E-state index contributed by atoms with van der Waals surface area (Å²) in [6.07, 6.45) is 0.770. The lowest BCUT2D eigenvalue weighted by Crippen LogP contribution is -2.23. The Bertz CT molecular complexity index is 625. The lowest BCUT2D eigenvalue weighted by Gasteiger charge is -2.20. The maximum atomic E-state index is 6.27. The van der Waals surface area contributed by atoms with Gasteiger partial charge in [-0.05, 0) is 60.8 Å². The van der Waals surface area contributed by atoms with Crippen molar-refractivity contribution in [2.45, 2.75) is 26.3 Å². The summed E-state index contributed by atoms with van der Waals surface area (Å²) in [7, 11) is 0. The molecule has 4 heteroatoms. The Hall–Kier alpha value is -0.730. The lowest BCUT2D eigenvalue weighted by molar-refractivity contribution is 0.550. The summed E-state index contributed by atoms with van der Waals surface area (Å²) >= 11 is 18.6. The smallest absolute Gasteiger partial charge is 0.0439 e. The van der Waals surface area contributed by atoms with Gasteiger partial charge in [0.1, 0.15) is 0 Å². The minimum Gasteiger partial charge on any atom is -0.310 e. The topological polar surface area (TPSA) is 12.0 Å². The van der Waals surface area contributed by atoms with Gasteiger partial charge in [-0.3, -0.25) is 0 Å². The molecule has 21 heavy (non-hydrogen) atoms. The van der Waals surface area contributed by atoms with Crippen molar-refractivity contribution in [3.63, 3.8) is 0 Å². The van der Waals surface area contributed by atoms with E-state index >= 15 is 0 Å². The lowest BCUT2D eigenvalue weighted by atomic mass is 9.98. The molecule has 0 aliphatic rings. The van der Waals surface area contributed by atoms with Crippen LogP contribution in [0.4, 0.5) is 0 Å². The summed E-state index contributed by atoms with van der Waals surface area (Å²) < 4.78 is 0. The van der Waals surface area contributed by atoms with Crippen molar-refractivity contribution >= 4 is 34.8 Å². The number of nitrogens with one attached hydrogen (secondary N) is 1. The van der Waals surface area contributed by atoms with Crippen LogP contribution in [0.3, 0.4) is 0 Å². The van der Waals surface area contributed by atoms with Crippen molar-refractivity contribution in [1.29, 1.82) is 0 Å². The Balaban J connectivity index is 2.30. The van der Waals surface area contributed by atoms with E-state index in [1.165, 1.54) is 0 Å². The number of hydrogen-bond acceptors (Lipinski definition) is 1. The first kappa shape index (κ1) is 16.6. The minimum atomic E-state index is 0.157. The molecule has 0 aliphatic heterocycles. The molecule has 0 heterocycles. The molecule has 2 aromatic carbocycles. The molecular formula is C17H18Cl3N. The van der Waals surface area contributed by atoms with E-state index in [4.69, 9.17) is 34.8 Å². The number of aryl methyl sites for hydroxylation is 1. The third-order valence-electron chi connectivity index (χ3n) is 3.48. The van der Waals surface area contributed by atoms with Gasteiger partial charge in [0.15, 0.2) is 0 Å². The van der Waals surface area contributed by atoms with Crippen LogP contribution in [0.5, 0.6) is 0 Å². The number of halogens is 3. The van der Waals surface area contributed by atoms with Crippen molar-refractivity contribution < 1.29 is 0 Å². The SMILES string of the molecule is CCNC(Cc1cc(Cl)ccc1Cl)c1ccc(C)c(Cl)c1. The fourth-order valence-corrected chi connectivity index (χ4v) is 2.88. The molecule has 1 N–H and O–H groups in total. The normalized spacial score (nSPS) is 12.4. The Morgan fingerprint density at radius 3 is 2.43 bits per heavy atom. The van der Waals surface area contributed by atoms with Crippen molar-refractivity contribution in [1.82, 2.24) is 5.32 Å². The molecule has 1 atom stereocenters. The summed E-state index contributed by atoms with van der Waals surface area (Å²) in [4.78, 5) is 0. The van der Waals surface area contributed by atoms with Gasteiger partial charge in [-0.25, -0.2) is 0 Å². The van der Waals surface area contributed by atoms with Crippen molar-refractivity contribution in [2.75, 3.05) is 6.54 Å². The van der Waals surface area contributed by atoms with Crippen LogP contribution in [0, 0.1) is 6.92 Å². The highest BCUT2D eigenvalue weighted by Crippen LogP contribution is 2.28. The minimum absolute atomic E-state index is 0.157. The Morgan fingerprint density at radius 2 is 1.76 bits per heavy atom. The molecule has 0 radical (unpaired) electrons. The molecule has 0 spiro atoms. The van der Waals surface area contributed by atoms with E-state index in [0.29, 0.717) is 5.02 Å². The van der Waals surface area contributed by atoms with E-state index in [-0.39, 0.29) is 6.04 Å². The van der Waals surface area contributed by atoms with Gasteiger partial charge in [0.05, 0.1) is 0 Å². The molecule has 0 saturated carbocycles. The third-order valence-corrected chi connectivity index (χ3v) is 4.49. The van der Waals surface area contributed by atoms with Crippen LogP contribution >= 0.6 is 34.8 Å². The Morgan fingerprint density at radius 1 is 1.00 bits per heavy atom. The quantitative estimate of drug-likeness (QED) is 0.719. The fraction of sp³-hybridized carbons (Fsp3) is 0.294. The zero-order valence-corrected chi connectivity index (χ0v) is 14.4. The first-order valence-corrected chi connectivity index (χ1v) is 8.08. The van der Waals surface area contributed by atoms with Crippen LogP contribution in [0.25, 0.3) is 0 Å². The number of rotatable bonds is 5. The van der Waals surface area contributed by atoms with Gasteiger partial charge in [0, 0.05) is 21.1 Å². The van der Waals surface area contributed by atoms with Crippen molar-refractivity contribution in [2.24, 2.45) is 0 Å². The molecule has 0 aromatic heterocycles. The summed E-state index contributed by atoms with van der Waals surface area (Å²) in [5.74, 6) is 0. The van der Waals surface area contributed by atoms with E-state index in [0.717, 1.165) is 39.7 Å². The van der Waals surface area contributed by atoms with Crippen molar-refractivity contribution in [3.8, 4) is 0 Å². The first-order chi connectivity index (χ1) is 10.0. The van der Waals surface area contributed by atoms with Gasteiger partial charge in [-0.2, -0.15) is 0 Å². The van der Waals surface area contributed by atoms with Gasteiger partial charge in [0.2, 0.25) is 0 Å². The van der Waals surface area contributed by atoms with Gasteiger partial charge >= 0.3 is 0 Å². The summed E-state index contributed by atoms with van der Waals surface area (Å²) in [6.45, 7) is 4.96. The Labute approximate surface area is 141 Å². The van der Waals surface area contributed by atoms with E-state index in [1.54, 1.807) is 6.07 Å². The Kier molecular flexibility index (Phi) is 5.95. The molecule has 2 aromatic rings. The van der Waals surface area contributed by atoms with Crippen LogP contribution in [-0.2, 0) is 6.42 Å². The maximum Gasteiger partial charge on any atom is 0.0439 e. The standard InChI is InChI=1S/C17H18Cl3N/c1-3-21-17(12-5-4-11(2)16(20)9-12)10-13-8-14(18)6-7-15(13)19/h4-9,17,21H,3,10H2,1-2H3. The summed E-state index contributed by atoms with van der Waals surface area (Å²) in [5.41, 5.74) is 3.27. The first-order valence-electron chi connectivity index (χ1n) is 6.94. The zero-order chi connectivity index (χ0) is 15.4. The average molecular weight is 343 g/mol. The van der Waals surface area contributed by atoms with Crippen LogP contribution in [0.2, 0.25) is 15.1 Å². The summed E-state index contributed by atoms with van der Waals surface area (Å²) in [6, 6.07) is 11.9. The molecule has 0 aliphatic carbocycles. The molecule has 0 saturated heterocycles. The molecule has 1 unspecified atom stereocenters. The van der Waals surface area contributed by atoms with E-state index in [9.17, 15) is 0 Å². The highest BCUT2D eigenvalue weighted by atomic mass is 35.5. The molecule has 0 amide bonds. The number of hydrogen-bond donors (Lipinski definition) is 1. The second kappa shape index (κ2) is 7.51. The molecular weight excluding hydrogens is 325 g/mol. The maximum absolute atomic E-state index is 6.27. The second-order valence-corrected chi connectivity index (χ2v) is 6.31. The van der Waals surface area contributed by atoms with Crippen LogP contribution in [0.1, 0.15) is 29.7 Å². The van der Waals surface area contributed by atoms with E-state index in [2.05, 4.69) is 18.3 Å². The van der Waals surface area contributed by atoms with E-state index in [1.807, 2.05) is 31.2 Å². The highest BCUT2D eigenvalue weighted by Gasteiger charge is 2.14. The van der Waals surface area contributed by atoms with Crippen molar-refractivity contribution in [3.05, 3.63) is 68.2 Å². The predicted molar refractivity (Wildman–Crippen MR) is 92.8 cm³/mol. The molecule has 112 valence electrons. The monoisotopic (exact) mass is 341 g/mol. The largest absolute Gasteiger partial charge is 0.310 e. The van der Waals surface area contributed by atoms with E-state index < -0.39 is 0 Å². The number of benzene rings is 2. The zero-order valence-electron chi connectivity index (χ0n) is 12.1. The van der Waals surface area contributed by atoms with Crippen LogP contribution in [-0.4, -0.2) is 6.54 Å². The van der Waals surface area contributed by atoms with Gasteiger partial charge in [-0.1, -0.05) is 53.9 Å². The van der Waals surface area contributed by atoms with Gasteiger partial charge in [0.25, 0.3) is 0 Å². The van der Waals surface area contributed by atoms with Crippen LogP contribution in [0.15, 0.2) is 36.4 Å². The predicted octanol–water partition coefficient (Wildman–Crippen LogP) is 5.85. The summed E-state index contributed by atoms with van der Waals surface area (Å²) in [5, 5.41) is 5.70.